The van der Waals surface area contributed by atoms with Gasteiger partial charge in [-0.3, -0.25) is 4.21 Å². The first-order valence-corrected chi connectivity index (χ1v) is 9.13. The maximum atomic E-state index is 12.4. The molecule has 3 nitrogen and oxygen atoms in total. The van der Waals surface area contributed by atoms with Gasteiger partial charge in [0.25, 0.3) is 0 Å². The van der Waals surface area contributed by atoms with Gasteiger partial charge in [-0.15, -0.1) is 0 Å². The van der Waals surface area contributed by atoms with Crippen molar-refractivity contribution in [2.24, 2.45) is 0 Å². The Hall–Kier alpha value is -2.46. The number of esters is 1. The number of carbonyl (C=O) groups excluding carboxylic acids is 1. The zero-order valence-electron chi connectivity index (χ0n) is 13.4. The normalized spacial score (nSPS) is 12.0. The number of carbonyl (C=O) groups is 1. The largest absolute Gasteiger partial charge is 0.457 e. The summed E-state index contributed by atoms with van der Waals surface area (Å²) in [5, 5.41) is 2.18. The number of benzene rings is 3. The maximum absolute atomic E-state index is 12.4. The van der Waals surface area contributed by atoms with Crippen LogP contribution in [0, 0.1) is 0 Å². The Bertz CT molecular complexity index is 897. The van der Waals surface area contributed by atoms with Crippen LogP contribution in [0.4, 0.5) is 0 Å². The second-order valence-corrected chi connectivity index (χ2v) is 7.05. The molecule has 3 aromatic carbocycles. The van der Waals surface area contributed by atoms with E-state index in [0.717, 1.165) is 16.3 Å². The Balaban J connectivity index is 1.82. The Morgan fingerprint density at radius 3 is 2.50 bits per heavy atom. The van der Waals surface area contributed by atoms with Crippen molar-refractivity contribution in [1.29, 1.82) is 0 Å². The lowest BCUT2D eigenvalue weighted by atomic mass is 10.1. The summed E-state index contributed by atoms with van der Waals surface area (Å²) in [7, 11) is -1.19. The number of hydrogen-bond donors (Lipinski definition) is 0. The van der Waals surface area contributed by atoms with Crippen LogP contribution in [0.25, 0.3) is 10.8 Å². The molecule has 0 spiro atoms. The van der Waals surface area contributed by atoms with Crippen LogP contribution in [0.5, 0.6) is 0 Å². The summed E-state index contributed by atoms with van der Waals surface area (Å²) in [6.07, 6.45) is 0. The molecule has 0 bridgehead atoms. The molecule has 0 fully saturated rings. The van der Waals surface area contributed by atoms with Crippen molar-refractivity contribution >= 4 is 27.5 Å². The molecule has 122 valence electrons. The van der Waals surface area contributed by atoms with Gasteiger partial charge in [0.15, 0.2) is 0 Å². The van der Waals surface area contributed by atoms with E-state index in [0.29, 0.717) is 16.2 Å². The smallest absolute Gasteiger partial charge is 0.339 e. The quantitative estimate of drug-likeness (QED) is 0.651. The molecule has 1 atom stereocenters. The van der Waals surface area contributed by atoms with Crippen LogP contribution in [-0.2, 0) is 22.1 Å². The van der Waals surface area contributed by atoms with Crippen molar-refractivity contribution in [2.45, 2.75) is 18.4 Å². The fourth-order valence-corrected chi connectivity index (χ4v) is 3.57. The summed E-state index contributed by atoms with van der Waals surface area (Å²) in [5.41, 5.74) is 1.33. The van der Waals surface area contributed by atoms with Gasteiger partial charge < -0.3 is 4.74 Å². The van der Waals surface area contributed by atoms with Gasteiger partial charge in [0.05, 0.1) is 21.3 Å². The predicted molar refractivity (Wildman–Crippen MR) is 96.5 cm³/mol. The number of rotatable bonds is 5. The topological polar surface area (TPSA) is 43.4 Å². The van der Waals surface area contributed by atoms with Gasteiger partial charge in [-0.25, -0.2) is 4.79 Å². The maximum Gasteiger partial charge on any atom is 0.339 e. The summed E-state index contributed by atoms with van der Waals surface area (Å²) in [6.45, 7) is 2.02. The van der Waals surface area contributed by atoms with E-state index in [9.17, 15) is 9.00 Å². The second-order valence-electron chi connectivity index (χ2n) is 5.34. The average molecular weight is 338 g/mol. The zero-order valence-corrected chi connectivity index (χ0v) is 14.2. The van der Waals surface area contributed by atoms with E-state index >= 15 is 0 Å². The van der Waals surface area contributed by atoms with Gasteiger partial charge in [0.1, 0.15) is 6.61 Å². The van der Waals surface area contributed by atoms with Gasteiger partial charge >= 0.3 is 5.97 Å². The first-order valence-electron chi connectivity index (χ1n) is 7.82. The Kier molecular flexibility index (Phi) is 5.06. The standard InChI is InChI=1S/C20H18O3S/c1-2-24(22)19-13-6-5-12-18(19)20(21)23-14-16-10-7-9-15-8-3-4-11-17(15)16/h3-13H,2,14H2,1H3/t24-/m0/s1. The molecule has 0 heterocycles. The van der Waals surface area contributed by atoms with Crippen molar-refractivity contribution in [3.05, 3.63) is 77.9 Å². The Labute approximate surface area is 143 Å². The van der Waals surface area contributed by atoms with Crippen LogP contribution in [0.3, 0.4) is 0 Å². The molecule has 0 aliphatic carbocycles. The van der Waals surface area contributed by atoms with E-state index in [1.165, 1.54) is 0 Å². The fourth-order valence-electron chi connectivity index (χ4n) is 2.63. The number of ether oxygens (including phenoxy) is 1. The third-order valence-electron chi connectivity index (χ3n) is 3.85. The molecule has 24 heavy (non-hydrogen) atoms. The van der Waals surface area contributed by atoms with E-state index in [1.807, 2.05) is 49.4 Å². The number of hydrogen-bond acceptors (Lipinski definition) is 3. The van der Waals surface area contributed by atoms with Crippen LogP contribution in [0.2, 0.25) is 0 Å². The monoisotopic (exact) mass is 338 g/mol. The van der Waals surface area contributed by atoms with Crippen LogP contribution < -0.4 is 0 Å². The fraction of sp³-hybridized carbons (Fsp3) is 0.150. The van der Waals surface area contributed by atoms with Crippen molar-refractivity contribution in [1.82, 2.24) is 0 Å². The molecular formula is C20H18O3S. The molecule has 3 aromatic rings. The molecule has 3 rings (SSSR count). The highest BCUT2D eigenvalue weighted by Gasteiger charge is 2.16. The first kappa shape index (κ1) is 16.4. The van der Waals surface area contributed by atoms with Crippen LogP contribution >= 0.6 is 0 Å². The van der Waals surface area contributed by atoms with Crippen LogP contribution in [0.1, 0.15) is 22.8 Å². The summed E-state index contributed by atoms with van der Waals surface area (Å²) < 4.78 is 17.6. The molecule has 0 aliphatic heterocycles. The molecular weight excluding hydrogens is 320 g/mol. The van der Waals surface area contributed by atoms with Gasteiger partial charge in [0.2, 0.25) is 0 Å². The van der Waals surface area contributed by atoms with E-state index in [1.54, 1.807) is 24.3 Å². The summed E-state index contributed by atoms with van der Waals surface area (Å²) in [6, 6.07) is 20.8. The minimum absolute atomic E-state index is 0.188. The van der Waals surface area contributed by atoms with Crippen molar-refractivity contribution in [3.63, 3.8) is 0 Å². The summed E-state index contributed by atoms with van der Waals surface area (Å²) >= 11 is 0. The van der Waals surface area contributed by atoms with Crippen molar-refractivity contribution < 1.29 is 13.7 Å². The molecule has 0 saturated carbocycles. The Morgan fingerprint density at radius 1 is 0.958 bits per heavy atom. The highest BCUT2D eigenvalue weighted by Crippen LogP contribution is 2.21. The highest BCUT2D eigenvalue weighted by molar-refractivity contribution is 7.85. The third kappa shape index (κ3) is 3.39. The molecule has 0 amide bonds. The summed E-state index contributed by atoms with van der Waals surface area (Å²) in [4.78, 5) is 13.0. The molecule has 0 N–H and O–H groups in total. The van der Waals surface area contributed by atoms with Gasteiger partial charge in [-0.2, -0.15) is 0 Å². The van der Waals surface area contributed by atoms with Gasteiger partial charge in [0, 0.05) is 5.75 Å². The SMILES string of the molecule is CC[S@](=O)c1ccccc1C(=O)OCc1cccc2ccccc12. The third-order valence-corrected chi connectivity index (χ3v) is 5.22. The molecule has 0 aromatic heterocycles. The zero-order chi connectivity index (χ0) is 16.9. The van der Waals surface area contributed by atoms with E-state index in [2.05, 4.69) is 0 Å². The minimum atomic E-state index is -1.19. The van der Waals surface area contributed by atoms with Gasteiger partial charge in [-0.1, -0.05) is 61.5 Å². The summed E-state index contributed by atoms with van der Waals surface area (Å²) in [5.74, 6) is 0.0218. The lowest BCUT2D eigenvalue weighted by Gasteiger charge is -2.10. The predicted octanol–water partition coefficient (Wildman–Crippen LogP) is 4.32. The van der Waals surface area contributed by atoms with E-state index < -0.39 is 16.8 Å². The molecule has 4 heteroatoms. The van der Waals surface area contributed by atoms with Crippen molar-refractivity contribution in [3.8, 4) is 0 Å². The van der Waals surface area contributed by atoms with Crippen LogP contribution in [-0.4, -0.2) is 15.9 Å². The second kappa shape index (κ2) is 7.41. The van der Waals surface area contributed by atoms with Crippen LogP contribution in [0.15, 0.2) is 71.6 Å². The first-order chi connectivity index (χ1) is 11.7. The Morgan fingerprint density at radius 2 is 1.67 bits per heavy atom. The highest BCUT2D eigenvalue weighted by atomic mass is 32.2. The average Bonchev–Trinajstić information content (AvgIpc) is 2.65. The van der Waals surface area contributed by atoms with Crippen molar-refractivity contribution in [2.75, 3.05) is 5.75 Å². The van der Waals surface area contributed by atoms with E-state index in [4.69, 9.17) is 4.74 Å². The minimum Gasteiger partial charge on any atom is -0.457 e. The molecule has 0 radical (unpaired) electrons. The molecule has 0 unspecified atom stereocenters. The number of fused-ring (bicyclic) bond motifs is 1. The van der Waals surface area contributed by atoms with Gasteiger partial charge in [-0.05, 0) is 28.5 Å². The van der Waals surface area contributed by atoms with E-state index in [-0.39, 0.29) is 6.61 Å². The lowest BCUT2D eigenvalue weighted by Crippen LogP contribution is -2.10. The lowest BCUT2D eigenvalue weighted by molar-refractivity contribution is 0.0470. The molecule has 0 aliphatic rings. The molecule has 0 saturated heterocycles.